The van der Waals surface area contributed by atoms with Gasteiger partial charge >= 0.3 is 0 Å². The third-order valence-corrected chi connectivity index (χ3v) is 3.06. The lowest BCUT2D eigenvalue weighted by atomic mass is 10.2. The van der Waals surface area contributed by atoms with Crippen LogP contribution in [0.25, 0.3) is 0 Å². The first-order valence-corrected chi connectivity index (χ1v) is 5.83. The van der Waals surface area contributed by atoms with Crippen molar-refractivity contribution in [2.75, 3.05) is 26.8 Å². The van der Waals surface area contributed by atoms with E-state index in [9.17, 15) is 0 Å². The number of hydrogen-bond donors (Lipinski definition) is 1. The Balaban J connectivity index is 1.99. The second-order valence-corrected chi connectivity index (χ2v) is 4.29. The van der Waals surface area contributed by atoms with Crippen LogP contribution in [0, 0.1) is 0 Å². The quantitative estimate of drug-likeness (QED) is 0.834. The van der Waals surface area contributed by atoms with Crippen LogP contribution in [0.1, 0.15) is 18.2 Å². The molecule has 1 unspecified atom stereocenters. The van der Waals surface area contributed by atoms with Crippen LogP contribution in [0.4, 0.5) is 0 Å². The van der Waals surface area contributed by atoms with Crippen molar-refractivity contribution in [3.63, 3.8) is 0 Å². The van der Waals surface area contributed by atoms with E-state index in [1.54, 1.807) is 6.26 Å². The molecule has 16 heavy (non-hydrogen) atoms. The number of nitrogens with zero attached hydrogens (tertiary/aromatic N) is 1. The molecule has 0 saturated carbocycles. The lowest BCUT2D eigenvalue weighted by Crippen LogP contribution is -2.43. The zero-order chi connectivity index (χ0) is 11.4. The van der Waals surface area contributed by atoms with E-state index in [1.807, 2.05) is 13.1 Å². The summed E-state index contributed by atoms with van der Waals surface area (Å²) >= 11 is 0. The van der Waals surface area contributed by atoms with Crippen LogP contribution in [0.5, 0.6) is 0 Å². The van der Waals surface area contributed by atoms with Gasteiger partial charge in [0.25, 0.3) is 0 Å². The van der Waals surface area contributed by atoms with Gasteiger partial charge in [0.1, 0.15) is 5.76 Å². The molecule has 0 bridgehead atoms. The van der Waals surface area contributed by atoms with Crippen molar-refractivity contribution in [2.45, 2.75) is 26.1 Å². The van der Waals surface area contributed by atoms with Crippen LogP contribution >= 0.6 is 0 Å². The van der Waals surface area contributed by atoms with Crippen molar-refractivity contribution in [1.82, 2.24) is 10.2 Å². The zero-order valence-corrected chi connectivity index (χ0v) is 10.0. The normalized spacial score (nSPS) is 22.5. The fourth-order valence-corrected chi connectivity index (χ4v) is 2.03. The van der Waals surface area contributed by atoms with E-state index in [0.29, 0.717) is 6.04 Å². The molecule has 1 aliphatic rings. The molecular formula is C12H20N2O2. The lowest BCUT2D eigenvalue weighted by molar-refractivity contribution is -0.00724. The highest BCUT2D eigenvalue weighted by molar-refractivity contribution is 5.16. The fourth-order valence-electron chi connectivity index (χ4n) is 2.03. The van der Waals surface area contributed by atoms with E-state index in [2.05, 4.69) is 17.1 Å². The summed E-state index contributed by atoms with van der Waals surface area (Å²) < 4.78 is 11.0. The van der Waals surface area contributed by atoms with Gasteiger partial charge in [-0.05, 0) is 20.0 Å². The molecule has 1 aromatic rings. The van der Waals surface area contributed by atoms with Gasteiger partial charge in [0.15, 0.2) is 0 Å². The molecule has 1 saturated heterocycles. The minimum Gasteiger partial charge on any atom is -0.468 e. The maximum atomic E-state index is 5.55. The van der Waals surface area contributed by atoms with Gasteiger partial charge in [-0.1, -0.05) is 0 Å². The van der Waals surface area contributed by atoms with Crippen molar-refractivity contribution in [3.05, 3.63) is 23.7 Å². The zero-order valence-electron chi connectivity index (χ0n) is 10.0. The fraction of sp³-hybridized carbons (Fsp3) is 0.667. The molecule has 4 heteroatoms. The number of hydrogen-bond acceptors (Lipinski definition) is 4. The number of morpholine rings is 1. The number of rotatable bonds is 4. The Bertz CT molecular complexity index is 325. The summed E-state index contributed by atoms with van der Waals surface area (Å²) in [7, 11) is 1.95. The Kier molecular flexibility index (Phi) is 3.98. The van der Waals surface area contributed by atoms with Crippen molar-refractivity contribution in [1.29, 1.82) is 0 Å². The molecule has 2 heterocycles. The van der Waals surface area contributed by atoms with Gasteiger partial charge in [-0.15, -0.1) is 0 Å². The molecule has 0 amide bonds. The molecular weight excluding hydrogens is 204 g/mol. The Hall–Kier alpha value is -0.840. The van der Waals surface area contributed by atoms with Gasteiger partial charge < -0.3 is 14.5 Å². The largest absolute Gasteiger partial charge is 0.468 e. The molecule has 2 rings (SSSR count). The van der Waals surface area contributed by atoms with E-state index in [1.165, 1.54) is 5.56 Å². The first-order chi connectivity index (χ1) is 7.81. The van der Waals surface area contributed by atoms with Gasteiger partial charge in [-0.2, -0.15) is 0 Å². The van der Waals surface area contributed by atoms with E-state index in [-0.39, 0.29) is 0 Å². The van der Waals surface area contributed by atoms with Crippen molar-refractivity contribution in [3.8, 4) is 0 Å². The number of ether oxygens (including phenoxy) is 1. The summed E-state index contributed by atoms with van der Waals surface area (Å²) in [5, 5.41) is 3.16. The summed E-state index contributed by atoms with van der Waals surface area (Å²) in [6, 6.07) is 2.51. The first kappa shape index (κ1) is 11.6. The van der Waals surface area contributed by atoms with E-state index >= 15 is 0 Å². The van der Waals surface area contributed by atoms with Gasteiger partial charge in [-0.3, -0.25) is 4.90 Å². The second kappa shape index (κ2) is 5.48. The Morgan fingerprint density at radius 1 is 1.56 bits per heavy atom. The third kappa shape index (κ3) is 2.64. The molecule has 0 spiro atoms. The van der Waals surface area contributed by atoms with Gasteiger partial charge in [0.05, 0.1) is 26.0 Å². The summed E-state index contributed by atoms with van der Waals surface area (Å²) in [5.41, 5.74) is 1.25. The average Bonchev–Trinajstić information content (AvgIpc) is 2.70. The highest BCUT2D eigenvalue weighted by Gasteiger charge is 2.20. The minimum absolute atomic E-state index is 0.473. The molecule has 1 aromatic heterocycles. The van der Waals surface area contributed by atoms with Gasteiger partial charge in [-0.25, -0.2) is 0 Å². The maximum absolute atomic E-state index is 5.55. The molecule has 90 valence electrons. The van der Waals surface area contributed by atoms with Crippen LogP contribution in [-0.2, 0) is 17.8 Å². The smallest absolute Gasteiger partial charge is 0.122 e. The molecule has 0 aliphatic carbocycles. The highest BCUT2D eigenvalue weighted by Crippen LogP contribution is 2.16. The Labute approximate surface area is 96.6 Å². The Morgan fingerprint density at radius 2 is 2.44 bits per heavy atom. The molecule has 0 aromatic carbocycles. The second-order valence-electron chi connectivity index (χ2n) is 4.29. The van der Waals surface area contributed by atoms with Crippen LogP contribution in [0.2, 0.25) is 0 Å². The molecule has 1 fully saturated rings. The third-order valence-electron chi connectivity index (χ3n) is 3.06. The lowest BCUT2D eigenvalue weighted by Gasteiger charge is -2.32. The molecule has 1 atom stereocenters. The Morgan fingerprint density at radius 3 is 3.19 bits per heavy atom. The van der Waals surface area contributed by atoms with Crippen molar-refractivity contribution < 1.29 is 9.15 Å². The highest BCUT2D eigenvalue weighted by atomic mass is 16.5. The van der Waals surface area contributed by atoms with Crippen LogP contribution in [0.3, 0.4) is 0 Å². The van der Waals surface area contributed by atoms with Crippen LogP contribution in [-0.4, -0.2) is 37.7 Å². The monoisotopic (exact) mass is 224 g/mol. The summed E-state index contributed by atoms with van der Waals surface area (Å²) in [4.78, 5) is 2.40. The number of furan rings is 1. The first-order valence-electron chi connectivity index (χ1n) is 5.83. The standard InChI is InChI=1S/C12H20N2O2/c1-10-9-15-6-4-14(10)8-12-11(7-13-2)3-5-16-12/h3,5,10,13H,4,6-9H2,1-2H3. The summed E-state index contributed by atoms with van der Waals surface area (Å²) in [6.07, 6.45) is 1.77. The van der Waals surface area contributed by atoms with E-state index < -0.39 is 0 Å². The molecule has 1 N–H and O–H groups in total. The average molecular weight is 224 g/mol. The van der Waals surface area contributed by atoms with Gasteiger partial charge in [0.2, 0.25) is 0 Å². The molecule has 0 radical (unpaired) electrons. The SMILES string of the molecule is CNCc1ccoc1CN1CCOCC1C. The van der Waals surface area contributed by atoms with Crippen LogP contribution < -0.4 is 5.32 Å². The van der Waals surface area contributed by atoms with E-state index in [0.717, 1.165) is 38.6 Å². The minimum atomic E-state index is 0.473. The van der Waals surface area contributed by atoms with Gasteiger partial charge in [0, 0.05) is 24.7 Å². The molecule has 4 nitrogen and oxygen atoms in total. The topological polar surface area (TPSA) is 37.6 Å². The van der Waals surface area contributed by atoms with E-state index in [4.69, 9.17) is 9.15 Å². The van der Waals surface area contributed by atoms with Crippen LogP contribution in [0.15, 0.2) is 16.7 Å². The molecule has 1 aliphatic heterocycles. The number of nitrogens with one attached hydrogen (secondary N) is 1. The van der Waals surface area contributed by atoms with Crippen molar-refractivity contribution >= 4 is 0 Å². The summed E-state index contributed by atoms with van der Waals surface area (Å²) in [6.45, 7) is 6.58. The summed E-state index contributed by atoms with van der Waals surface area (Å²) in [5.74, 6) is 1.07. The van der Waals surface area contributed by atoms with Crippen molar-refractivity contribution in [2.24, 2.45) is 0 Å². The predicted molar refractivity (Wildman–Crippen MR) is 62.2 cm³/mol. The predicted octanol–water partition coefficient (Wildman–Crippen LogP) is 1.22. The maximum Gasteiger partial charge on any atom is 0.122 e.